The molecule has 4 heteroatoms. The molecule has 4 nitrogen and oxygen atoms in total. The Balaban J connectivity index is 1.92. The van der Waals surface area contributed by atoms with Gasteiger partial charge in [0.25, 0.3) is 0 Å². The van der Waals surface area contributed by atoms with Gasteiger partial charge in [0.15, 0.2) is 0 Å². The molecule has 1 aliphatic rings. The molecule has 128 valence electrons. The van der Waals surface area contributed by atoms with Crippen LogP contribution in [-0.4, -0.2) is 16.0 Å². The van der Waals surface area contributed by atoms with Crippen molar-refractivity contribution in [3.8, 4) is 0 Å². The molecular formula is C20H28N4. The lowest BCUT2D eigenvalue weighted by Gasteiger charge is -2.17. The number of rotatable bonds is 7. The number of benzene rings is 1. The molecule has 0 bridgehead atoms. The van der Waals surface area contributed by atoms with Crippen molar-refractivity contribution in [3.05, 3.63) is 41.1 Å². The zero-order chi connectivity index (χ0) is 17.1. The lowest BCUT2D eigenvalue weighted by molar-refractivity contribution is 0.750. The van der Waals surface area contributed by atoms with E-state index in [0.29, 0.717) is 12.0 Å². The summed E-state index contributed by atoms with van der Waals surface area (Å²) < 4.78 is 0. The molecule has 1 aromatic heterocycles. The lowest BCUT2D eigenvalue weighted by atomic mass is 10.1. The maximum absolute atomic E-state index is 4.73. The highest BCUT2D eigenvalue weighted by Gasteiger charge is 2.26. The zero-order valence-electron chi connectivity index (χ0n) is 15.2. The van der Waals surface area contributed by atoms with Crippen molar-refractivity contribution in [2.45, 2.75) is 65.3 Å². The van der Waals surface area contributed by atoms with Crippen LogP contribution in [0.25, 0.3) is 0 Å². The largest absolute Gasteiger partial charge is 0.352 e. The van der Waals surface area contributed by atoms with Crippen LogP contribution >= 0.6 is 0 Å². The molecule has 0 saturated heterocycles. The van der Waals surface area contributed by atoms with Crippen molar-refractivity contribution in [1.82, 2.24) is 9.97 Å². The van der Waals surface area contributed by atoms with E-state index in [4.69, 9.17) is 9.97 Å². The first-order valence-electron chi connectivity index (χ1n) is 9.11. The van der Waals surface area contributed by atoms with Gasteiger partial charge in [-0.25, -0.2) is 4.98 Å². The molecule has 1 aliphatic carbocycles. The molecule has 2 N–H and O–H groups in total. The van der Waals surface area contributed by atoms with Crippen LogP contribution in [-0.2, 0) is 6.42 Å². The van der Waals surface area contributed by atoms with Crippen LogP contribution in [0.5, 0.6) is 0 Å². The zero-order valence-corrected chi connectivity index (χ0v) is 15.2. The molecule has 24 heavy (non-hydrogen) atoms. The van der Waals surface area contributed by atoms with E-state index in [9.17, 15) is 0 Å². The summed E-state index contributed by atoms with van der Waals surface area (Å²) in [5, 5.41) is 6.98. The third-order valence-electron chi connectivity index (χ3n) is 4.72. The Morgan fingerprint density at radius 2 is 2.00 bits per heavy atom. The molecule has 3 rings (SSSR count). The van der Waals surface area contributed by atoms with Gasteiger partial charge in [-0.05, 0) is 50.7 Å². The molecular weight excluding hydrogens is 296 g/mol. The standard InChI is InChI=1S/C20H28N4/c1-5-14(4)21-20-22-17(16-10-11-16)12-18(24-20)23-19-13(3)8-7-9-15(19)6-2/h7-9,12,14,16H,5-6,10-11H2,1-4H3,(H2,21,22,23,24)/t14-/m1/s1. The molecule has 1 heterocycles. The summed E-state index contributed by atoms with van der Waals surface area (Å²) in [7, 11) is 0. The first kappa shape index (κ1) is 16.7. The first-order chi connectivity index (χ1) is 11.6. The minimum atomic E-state index is 0.372. The molecule has 0 aliphatic heterocycles. The molecule has 2 aromatic rings. The Bertz CT molecular complexity index is 707. The van der Waals surface area contributed by atoms with Crippen molar-refractivity contribution in [2.24, 2.45) is 0 Å². The van der Waals surface area contributed by atoms with Crippen LogP contribution in [0.4, 0.5) is 17.5 Å². The van der Waals surface area contributed by atoms with E-state index in [0.717, 1.165) is 30.3 Å². The predicted molar refractivity (Wildman–Crippen MR) is 101 cm³/mol. The van der Waals surface area contributed by atoms with Crippen LogP contribution < -0.4 is 10.6 Å². The normalized spacial score (nSPS) is 15.2. The van der Waals surface area contributed by atoms with E-state index >= 15 is 0 Å². The summed E-state index contributed by atoms with van der Waals surface area (Å²) in [5.74, 6) is 2.23. The third-order valence-corrected chi connectivity index (χ3v) is 4.72. The van der Waals surface area contributed by atoms with E-state index in [1.54, 1.807) is 0 Å². The maximum Gasteiger partial charge on any atom is 0.225 e. The number of aryl methyl sites for hydroxylation is 2. The SMILES string of the molecule is CCc1cccc(C)c1Nc1cc(C2CC2)nc(N[C@H](C)CC)n1. The smallest absolute Gasteiger partial charge is 0.225 e. The van der Waals surface area contributed by atoms with Crippen LogP contribution in [0.15, 0.2) is 24.3 Å². The monoisotopic (exact) mass is 324 g/mol. The predicted octanol–water partition coefficient (Wildman–Crippen LogP) is 5.18. The number of anilines is 3. The van der Waals surface area contributed by atoms with Crippen molar-refractivity contribution in [3.63, 3.8) is 0 Å². The van der Waals surface area contributed by atoms with Gasteiger partial charge in [-0.2, -0.15) is 4.98 Å². The molecule has 1 atom stereocenters. The van der Waals surface area contributed by atoms with E-state index in [1.165, 1.54) is 29.7 Å². The Labute approximate surface area is 145 Å². The number of nitrogens with one attached hydrogen (secondary N) is 2. The molecule has 0 radical (unpaired) electrons. The van der Waals surface area contributed by atoms with Gasteiger partial charge in [-0.3, -0.25) is 0 Å². The summed E-state index contributed by atoms with van der Waals surface area (Å²) in [6, 6.07) is 8.92. The Hall–Kier alpha value is -2.10. The fourth-order valence-corrected chi connectivity index (χ4v) is 2.84. The molecule has 1 saturated carbocycles. The van der Waals surface area contributed by atoms with E-state index < -0.39 is 0 Å². The van der Waals surface area contributed by atoms with Crippen LogP contribution in [0.2, 0.25) is 0 Å². The second-order valence-corrected chi connectivity index (χ2v) is 6.82. The third kappa shape index (κ3) is 3.86. The Morgan fingerprint density at radius 1 is 1.21 bits per heavy atom. The van der Waals surface area contributed by atoms with Gasteiger partial charge in [0.05, 0.1) is 5.69 Å². The summed E-state index contributed by atoms with van der Waals surface area (Å²) in [6.45, 7) is 8.66. The van der Waals surface area contributed by atoms with Crippen molar-refractivity contribution in [2.75, 3.05) is 10.6 Å². The molecule has 1 fully saturated rings. The number of para-hydroxylation sites is 1. The molecule has 0 amide bonds. The van der Waals surface area contributed by atoms with E-state index in [2.05, 4.69) is 62.6 Å². The van der Waals surface area contributed by atoms with Gasteiger partial charge < -0.3 is 10.6 Å². The second-order valence-electron chi connectivity index (χ2n) is 6.82. The van der Waals surface area contributed by atoms with Gasteiger partial charge in [0.1, 0.15) is 5.82 Å². The number of nitrogens with zero attached hydrogens (tertiary/aromatic N) is 2. The van der Waals surface area contributed by atoms with Crippen molar-refractivity contribution < 1.29 is 0 Å². The van der Waals surface area contributed by atoms with Gasteiger partial charge in [-0.1, -0.05) is 32.0 Å². The minimum Gasteiger partial charge on any atom is -0.352 e. The second kappa shape index (κ2) is 7.20. The molecule has 0 spiro atoms. The molecule has 0 unspecified atom stereocenters. The highest BCUT2D eigenvalue weighted by molar-refractivity contribution is 5.65. The van der Waals surface area contributed by atoms with Gasteiger partial charge in [-0.15, -0.1) is 0 Å². The fraction of sp³-hybridized carbons (Fsp3) is 0.500. The van der Waals surface area contributed by atoms with Crippen LogP contribution in [0.1, 0.15) is 62.8 Å². The maximum atomic E-state index is 4.73. The summed E-state index contributed by atoms with van der Waals surface area (Å²) >= 11 is 0. The number of hydrogen-bond acceptors (Lipinski definition) is 4. The molecule has 1 aromatic carbocycles. The van der Waals surface area contributed by atoms with Gasteiger partial charge >= 0.3 is 0 Å². The van der Waals surface area contributed by atoms with Gasteiger partial charge in [0.2, 0.25) is 5.95 Å². The summed E-state index contributed by atoms with van der Waals surface area (Å²) in [6.07, 6.45) is 4.54. The minimum absolute atomic E-state index is 0.372. The quantitative estimate of drug-likeness (QED) is 0.737. The van der Waals surface area contributed by atoms with Crippen LogP contribution in [0, 0.1) is 6.92 Å². The first-order valence-corrected chi connectivity index (χ1v) is 9.11. The number of hydrogen-bond donors (Lipinski definition) is 2. The van der Waals surface area contributed by atoms with Crippen LogP contribution in [0.3, 0.4) is 0 Å². The van der Waals surface area contributed by atoms with Gasteiger partial charge in [0, 0.05) is 23.7 Å². The summed E-state index contributed by atoms with van der Waals surface area (Å²) in [5.41, 5.74) is 4.90. The average Bonchev–Trinajstić information content (AvgIpc) is 3.41. The highest BCUT2D eigenvalue weighted by atomic mass is 15.2. The van der Waals surface area contributed by atoms with Crippen molar-refractivity contribution in [1.29, 1.82) is 0 Å². The highest BCUT2D eigenvalue weighted by Crippen LogP contribution is 2.40. The summed E-state index contributed by atoms with van der Waals surface area (Å²) in [4.78, 5) is 9.44. The Morgan fingerprint density at radius 3 is 2.67 bits per heavy atom. The Kier molecular flexibility index (Phi) is 5.03. The topological polar surface area (TPSA) is 49.8 Å². The van der Waals surface area contributed by atoms with Crippen molar-refractivity contribution >= 4 is 17.5 Å². The van der Waals surface area contributed by atoms with E-state index in [-0.39, 0.29) is 0 Å². The fourth-order valence-electron chi connectivity index (χ4n) is 2.84. The average molecular weight is 324 g/mol. The number of aromatic nitrogens is 2. The lowest BCUT2D eigenvalue weighted by Crippen LogP contribution is -2.16. The van der Waals surface area contributed by atoms with E-state index in [1.807, 2.05) is 0 Å².